The van der Waals surface area contributed by atoms with Crippen LogP contribution in [0.15, 0.2) is 54.6 Å². The number of rotatable bonds is 5. The largest absolute Gasteiger partial charge is 0.340 e. The molecule has 1 aromatic heterocycles. The molecule has 2 nitrogen and oxygen atoms in total. The number of para-hydroxylation sites is 1. The van der Waals surface area contributed by atoms with Crippen molar-refractivity contribution in [2.75, 3.05) is 0 Å². The summed E-state index contributed by atoms with van der Waals surface area (Å²) in [5, 5.41) is 4.62. The molecule has 0 aliphatic rings. The molecule has 1 unspecified atom stereocenters. The molecule has 0 saturated carbocycles. The van der Waals surface area contributed by atoms with Gasteiger partial charge in [0.15, 0.2) is 6.29 Å². The van der Waals surface area contributed by atoms with Gasteiger partial charge in [0.25, 0.3) is 0 Å². The summed E-state index contributed by atoms with van der Waals surface area (Å²) < 4.78 is 2.46. The Kier molecular flexibility index (Phi) is 4.04. The third-order valence-corrected chi connectivity index (χ3v) is 5.21. The fourth-order valence-corrected chi connectivity index (χ4v) is 4.12. The average molecular weight is 329 g/mol. The molecule has 1 atom stereocenters. The van der Waals surface area contributed by atoms with Crippen LogP contribution in [0.5, 0.6) is 0 Å². The minimum absolute atomic E-state index is 0.619. The second-order valence-corrected chi connectivity index (χ2v) is 7.05. The molecule has 0 N–H and O–H groups in total. The maximum absolute atomic E-state index is 11.7. The van der Waals surface area contributed by atoms with E-state index in [1.54, 1.807) is 0 Å². The van der Waals surface area contributed by atoms with Crippen LogP contribution in [0.2, 0.25) is 0 Å². The summed E-state index contributed by atoms with van der Waals surface area (Å²) in [4.78, 5) is 11.7. The molecule has 3 aromatic carbocycles. The van der Waals surface area contributed by atoms with E-state index in [1.807, 2.05) is 6.07 Å². The third-order valence-electron chi connectivity index (χ3n) is 5.21. The summed E-state index contributed by atoms with van der Waals surface area (Å²) in [5.41, 5.74) is 3.28. The van der Waals surface area contributed by atoms with Gasteiger partial charge in [-0.15, -0.1) is 0 Å². The van der Waals surface area contributed by atoms with Gasteiger partial charge in [0.2, 0.25) is 0 Å². The second-order valence-electron chi connectivity index (χ2n) is 7.05. The van der Waals surface area contributed by atoms with Gasteiger partial charge >= 0.3 is 0 Å². The molecule has 0 saturated heterocycles. The minimum atomic E-state index is 0.619. The highest BCUT2D eigenvalue weighted by molar-refractivity contribution is 6.20. The fourth-order valence-electron chi connectivity index (χ4n) is 4.12. The van der Waals surface area contributed by atoms with Crippen molar-refractivity contribution in [3.8, 4) is 0 Å². The highest BCUT2D eigenvalue weighted by atomic mass is 16.1. The van der Waals surface area contributed by atoms with Crippen molar-refractivity contribution in [1.82, 2.24) is 4.57 Å². The highest BCUT2D eigenvalue weighted by Gasteiger charge is 2.16. The quantitative estimate of drug-likeness (QED) is 0.400. The summed E-state index contributed by atoms with van der Waals surface area (Å²) in [7, 11) is 0. The number of hydrogen-bond donors (Lipinski definition) is 0. The van der Waals surface area contributed by atoms with Gasteiger partial charge in [0.1, 0.15) is 0 Å². The molecule has 2 heteroatoms. The number of aldehydes is 1. The van der Waals surface area contributed by atoms with Gasteiger partial charge in [-0.25, -0.2) is 0 Å². The monoisotopic (exact) mass is 329 g/mol. The molecular formula is C23H23NO. The van der Waals surface area contributed by atoms with Crippen LogP contribution in [0, 0.1) is 5.92 Å². The minimum Gasteiger partial charge on any atom is -0.340 e. The predicted molar refractivity (Wildman–Crippen MR) is 106 cm³/mol. The van der Waals surface area contributed by atoms with E-state index in [9.17, 15) is 4.79 Å². The zero-order chi connectivity index (χ0) is 17.4. The summed E-state index contributed by atoms with van der Waals surface area (Å²) in [6.45, 7) is 5.57. The zero-order valence-corrected chi connectivity index (χ0v) is 14.8. The molecule has 0 spiro atoms. The molecular weight excluding hydrogens is 306 g/mol. The lowest BCUT2D eigenvalue weighted by Crippen LogP contribution is -2.07. The lowest BCUT2D eigenvalue weighted by atomic mass is 10.0. The number of benzene rings is 3. The first-order valence-electron chi connectivity index (χ1n) is 9.12. The number of aromatic nitrogens is 1. The highest BCUT2D eigenvalue weighted by Crippen LogP contribution is 2.36. The summed E-state index contributed by atoms with van der Waals surface area (Å²) in [6, 6.07) is 18.9. The van der Waals surface area contributed by atoms with Crippen molar-refractivity contribution >= 4 is 38.9 Å². The predicted octanol–water partition coefficient (Wildman–Crippen LogP) is 6.20. The Morgan fingerprint density at radius 2 is 1.64 bits per heavy atom. The van der Waals surface area contributed by atoms with E-state index in [0.717, 1.165) is 23.8 Å². The maximum atomic E-state index is 11.7. The van der Waals surface area contributed by atoms with Gasteiger partial charge in [-0.05, 0) is 29.9 Å². The van der Waals surface area contributed by atoms with Crippen LogP contribution < -0.4 is 0 Å². The van der Waals surface area contributed by atoms with E-state index in [4.69, 9.17) is 0 Å². The summed E-state index contributed by atoms with van der Waals surface area (Å²) >= 11 is 0. The van der Waals surface area contributed by atoms with E-state index < -0.39 is 0 Å². The van der Waals surface area contributed by atoms with Crippen molar-refractivity contribution < 1.29 is 4.79 Å². The number of nitrogens with zero attached hydrogens (tertiary/aromatic N) is 1. The van der Waals surface area contributed by atoms with Crippen molar-refractivity contribution in [3.63, 3.8) is 0 Å². The number of fused-ring (bicyclic) bond motifs is 5. The van der Waals surface area contributed by atoms with Crippen LogP contribution in [-0.2, 0) is 6.54 Å². The molecule has 0 aliphatic carbocycles. The Morgan fingerprint density at radius 1 is 0.960 bits per heavy atom. The average Bonchev–Trinajstić information content (AvgIpc) is 2.95. The van der Waals surface area contributed by atoms with Crippen LogP contribution in [-0.4, -0.2) is 10.9 Å². The van der Waals surface area contributed by atoms with Gasteiger partial charge in [-0.3, -0.25) is 4.79 Å². The van der Waals surface area contributed by atoms with Crippen molar-refractivity contribution in [3.05, 3.63) is 60.2 Å². The van der Waals surface area contributed by atoms with Crippen LogP contribution in [0.25, 0.3) is 32.6 Å². The third kappa shape index (κ3) is 2.53. The van der Waals surface area contributed by atoms with Crippen LogP contribution in [0.1, 0.15) is 37.0 Å². The molecule has 0 aliphatic heterocycles. The van der Waals surface area contributed by atoms with Gasteiger partial charge < -0.3 is 4.57 Å². The molecule has 25 heavy (non-hydrogen) atoms. The maximum Gasteiger partial charge on any atom is 0.150 e. The Morgan fingerprint density at radius 3 is 2.36 bits per heavy atom. The van der Waals surface area contributed by atoms with E-state index in [1.165, 1.54) is 40.0 Å². The number of hydrogen-bond acceptors (Lipinski definition) is 1. The first-order chi connectivity index (χ1) is 12.2. The molecule has 0 fully saturated rings. The van der Waals surface area contributed by atoms with E-state index in [2.05, 4.69) is 66.9 Å². The first-order valence-corrected chi connectivity index (χ1v) is 9.12. The van der Waals surface area contributed by atoms with E-state index in [0.29, 0.717) is 5.92 Å². The van der Waals surface area contributed by atoms with Gasteiger partial charge in [-0.1, -0.05) is 62.7 Å². The molecule has 1 heterocycles. The normalized spacial score (nSPS) is 12.9. The van der Waals surface area contributed by atoms with Crippen molar-refractivity contribution in [1.29, 1.82) is 0 Å². The van der Waals surface area contributed by atoms with Crippen molar-refractivity contribution in [2.45, 2.75) is 33.2 Å². The van der Waals surface area contributed by atoms with E-state index in [-0.39, 0.29) is 0 Å². The summed E-state index contributed by atoms with van der Waals surface area (Å²) in [5.74, 6) is 0.619. The Labute approximate surface area is 148 Å². The lowest BCUT2D eigenvalue weighted by Gasteiger charge is -2.15. The SMILES string of the molecule is CCCC(C)Cn1c2ccccc2c2cc(C=O)c3ccccc3c21. The van der Waals surface area contributed by atoms with Gasteiger partial charge in [0.05, 0.1) is 5.52 Å². The second kappa shape index (κ2) is 6.36. The number of carbonyl (C=O) groups excluding carboxylic acids is 1. The molecule has 0 bridgehead atoms. The van der Waals surface area contributed by atoms with Crippen LogP contribution >= 0.6 is 0 Å². The molecule has 126 valence electrons. The Bertz CT molecular complexity index is 1070. The molecule has 4 rings (SSSR count). The molecule has 4 aromatic rings. The topological polar surface area (TPSA) is 22.0 Å². The van der Waals surface area contributed by atoms with Crippen LogP contribution in [0.4, 0.5) is 0 Å². The number of carbonyl (C=O) groups is 1. The van der Waals surface area contributed by atoms with Crippen LogP contribution in [0.3, 0.4) is 0 Å². The standard InChI is InChI=1S/C23H23NO/c1-3-8-16(2)14-24-22-12-7-6-10-19(22)21-13-17(15-25)18-9-4-5-11-20(18)23(21)24/h4-7,9-13,15-16H,3,8,14H2,1-2H3. The summed E-state index contributed by atoms with van der Waals surface area (Å²) in [6.07, 6.45) is 3.40. The van der Waals surface area contributed by atoms with Gasteiger partial charge in [0, 0.05) is 33.8 Å². The molecule has 0 amide bonds. The Balaban J connectivity index is 2.14. The van der Waals surface area contributed by atoms with E-state index >= 15 is 0 Å². The van der Waals surface area contributed by atoms with Crippen molar-refractivity contribution in [2.24, 2.45) is 5.92 Å². The fraction of sp³-hybridized carbons (Fsp3) is 0.261. The smallest absolute Gasteiger partial charge is 0.150 e. The Hall–Kier alpha value is -2.61. The zero-order valence-electron chi connectivity index (χ0n) is 14.8. The van der Waals surface area contributed by atoms with Gasteiger partial charge in [-0.2, -0.15) is 0 Å². The first kappa shape index (κ1) is 15.9. The molecule has 0 radical (unpaired) electrons. The lowest BCUT2D eigenvalue weighted by molar-refractivity contribution is 0.112.